The Kier molecular flexibility index (Phi) is 7.34. The van der Waals surface area contributed by atoms with E-state index in [9.17, 15) is 14.4 Å². The zero-order valence-corrected chi connectivity index (χ0v) is 16.3. The zero-order chi connectivity index (χ0) is 20.7. The van der Waals surface area contributed by atoms with E-state index >= 15 is 0 Å². The van der Waals surface area contributed by atoms with Crippen LogP contribution >= 0.6 is 0 Å². The number of hydrogen-bond acceptors (Lipinski definition) is 7. The first-order chi connectivity index (χ1) is 13.4. The molecule has 0 radical (unpaired) electrons. The third kappa shape index (κ3) is 4.77. The molecule has 1 amide bonds. The Hall–Kier alpha value is -3.13. The molecule has 2 rings (SSSR count). The number of amides is 1. The molecule has 0 aromatic heterocycles. The first-order valence-electron chi connectivity index (χ1n) is 8.54. The maximum atomic E-state index is 12.8. The van der Waals surface area contributed by atoms with Gasteiger partial charge in [-0.25, -0.2) is 9.59 Å². The largest absolute Gasteiger partial charge is 0.482 e. The summed E-state index contributed by atoms with van der Waals surface area (Å²) in [5, 5.41) is 0. The molecule has 0 bridgehead atoms. The Morgan fingerprint density at radius 1 is 1.07 bits per heavy atom. The van der Waals surface area contributed by atoms with Gasteiger partial charge in [-0.1, -0.05) is 12.1 Å². The van der Waals surface area contributed by atoms with Crippen molar-refractivity contribution in [2.75, 3.05) is 41.1 Å². The predicted octanol–water partition coefficient (Wildman–Crippen LogP) is 1.56. The van der Waals surface area contributed by atoms with E-state index in [0.29, 0.717) is 30.2 Å². The van der Waals surface area contributed by atoms with Gasteiger partial charge in [0, 0.05) is 19.4 Å². The fourth-order valence-electron chi connectivity index (χ4n) is 2.71. The molecule has 0 unspecified atom stereocenters. The van der Waals surface area contributed by atoms with Gasteiger partial charge < -0.3 is 23.8 Å². The molecular formula is C20H23NO7. The smallest absolute Gasteiger partial charge is 0.343 e. The summed E-state index contributed by atoms with van der Waals surface area (Å²) >= 11 is 0. The zero-order valence-electron chi connectivity index (χ0n) is 16.3. The van der Waals surface area contributed by atoms with Crippen LogP contribution in [0.5, 0.6) is 5.75 Å². The van der Waals surface area contributed by atoms with Crippen molar-refractivity contribution in [3.63, 3.8) is 0 Å². The molecule has 8 nitrogen and oxygen atoms in total. The van der Waals surface area contributed by atoms with Crippen molar-refractivity contribution in [1.29, 1.82) is 0 Å². The van der Waals surface area contributed by atoms with Crippen LogP contribution in [0.1, 0.15) is 12.5 Å². The Morgan fingerprint density at radius 3 is 2.32 bits per heavy atom. The number of carbonyl (C=O) groups excluding carboxylic acids is 3. The van der Waals surface area contributed by atoms with E-state index in [1.165, 1.54) is 19.1 Å². The van der Waals surface area contributed by atoms with E-state index in [1.807, 2.05) is 0 Å². The number of nitrogens with zero attached hydrogens (tertiary/aromatic N) is 1. The highest BCUT2D eigenvalue weighted by Gasteiger charge is 2.36. The van der Waals surface area contributed by atoms with Crippen LogP contribution in [0.4, 0.5) is 0 Å². The fraction of sp³-hybridized carbons (Fsp3) is 0.350. The van der Waals surface area contributed by atoms with Gasteiger partial charge in [0.1, 0.15) is 5.75 Å². The van der Waals surface area contributed by atoms with Gasteiger partial charge in [-0.15, -0.1) is 0 Å². The summed E-state index contributed by atoms with van der Waals surface area (Å²) in [7, 11) is 4.10. The van der Waals surface area contributed by atoms with Crippen LogP contribution in [0, 0.1) is 0 Å². The molecule has 0 spiro atoms. The van der Waals surface area contributed by atoms with Crippen molar-refractivity contribution in [3.05, 3.63) is 46.7 Å². The number of hydrogen-bond donors (Lipinski definition) is 0. The molecule has 0 atom stereocenters. The van der Waals surface area contributed by atoms with Gasteiger partial charge in [-0.05, 0) is 30.7 Å². The molecule has 0 N–H and O–H groups in total. The maximum Gasteiger partial charge on any atom is 0.343 e. The van der Waals surface area contributed by atoms with Crippen LogP contribution in [-0.2, 0) is 28.6 Å². The third-order valence-electron chi connectivity index (χ3n) is 4.20. The van der Waals surface area contributed by atoms with Crippen molar-refractivity contribution in [1.82, 2.24) is 4.90 Å². The lowest BCUT2D eigenvalue weighted by Crippen LogP contribution is -2.28. The second-order valence-electron chi connectivity index (χ2n) is 5.89. The molecule has 1 aromatic carbocycles. The SMILES string of the molecule is COCCN1C(=O)/C(=C\c2ccc(OCC(=O)OC)cc2)C(C(=O)OC)=C1C. The molecule has 150 valence electrons. The van der Waals surface area contributed by atoms with Crippen LogP contribution < -0.4 is 4.74 Å². The molecule has 28 heavy (non-hydrogen) atoms. The average molecular weight is 389 g/mol. The van der Waals surface area contributed by atoms with Gasteiger partial charge in [0.05, 0.1) is 32.0 Å². The highest BCUT2D eigenvalue weighted by atomic mass is 16.6. The van der Waals surface area contributed by atoms with E-state index in [1.54, 1.807) is 44.4 Å². The third-order valence-corrected chi connectivity index (χ3v) is 4.20. The molecule has 1 aromatic rings. The average Bonchev–Trinajstić information content (AvgIpc) is 2.94. The van der Waals surface area contributed by atoms with Gasteiger partial charge in [-0.3, -0.25) is 4.79 Å². The molecule has 1 aliphatic rings. The monoisotopic (exact) mass is 389 g/mol. The number of carbonyl (C=O) groups is 3. The number of methoxy groups -OCH3 is 3. The first kappa shape index (κ1) is 21.2. The topological polar surface area (TPSA) is 91.4 Å². The van der Waals surface area contributed by atoms with Crippen LogP contribution in [0.15, 0.2) is 41.1 Å². The minimum atomic E-state index is -0.574. The van der Waals surface area contributed by atoms with Crippen LogP contribution in [0.3, 0.4) is 0 Å². The summed E-state index contributed by atoms with van der Waals surface area (Å²) in [6.07, 6.45) is 1.62. The summed E-state index contributed by atoms with van der Waals surface area (Å²) in [6, 6.07) is 6.75. The second kappa shape index (κ2) is 9.70. The van der Waals surface area contributed by atoms with Crippen LogP contribution in [0.2, 0.25) is 0 Å². The molecule has 0 fully saturated rings. The predicted molar refractivity (Wildman–Crippen MR) is 100 cm³/mol. The van der Waals surface area contributed by atoms with E-state index in [-0.39, 0.29) is 23.7 Å². The lowest BCUT2D eigenvalue weighted by atomic mass is 10.0. The van der Waals surface area contributed by atoms with E-state index < -0.39 is 11.9 Å². The molecule has 0 saturated heterocycles. The maximum absolute atomic E-state index is 12.8. The van der Waals surface area contributed by atoms with E-state index in [4.69, 9.17) is 14.2 Å². The Labute approximate surface area is 163 Å². The van der Waals surface area contributed by atoms with Crippen molar-refractivity contribution < 1.29 is 33.3 Å². The van der Waals surface area contributed by atoms with E-state index in [2.05, 4.69) is 4.74 Å². The Bertz CT molecular complexity index is 808. The molecule has 1 heterocycles. The lowest BCUT2D eigenvalue weighted by molar-refractivity contribution is -0.143. The highest BCUT2D eigenvalue weighted by molar-refractivity contribution is 6.16. The van der Waals surface area contributed by atoms with Gasteiger partial charge in [0.2, 0.25) is 0 Å². The lowest BCUT2D eigenvalue weighted by Gasteiger charge is -2.16. The molecule has 0 aliphatic carbocycles. The summed E-state index contributed by atoms with van der Waals surface area (Å²) in [5.74, 6) is -0.870. The summed E-state index contributed by atoms with van der Waals surface area (Å²) in [6.45, 7) is 2.18. The second-order valence-corrected chi connectivity index (χ2v) is 5.89. The van der Waals surface area contributed by atoms with Crippen molar-refractivity contribution in [2.24, 2.45) is 0 Å². The summed E-state index contributed by atoms with van der Waals surface area (Å²) in [5.41, 5.74) is 1.70. The minimum absolute atomic E-state index is 0.196. The Morgan fingerprint density at radius 2 is 1.75 bits per heavy atom. The van der Waals surface area contributed by atoms with Crippen LogP contribution in [-0.4, -0.2) is 63.8 Å². The number of esters is 2. The molecule has 8 heteroatoms. The van der Waals surface area contributed by atoms with Gasteiger partial charge >= 0.3 is 11.9 Å². The highest BCUT2D eigenvalue weighted by Crippen LogP contribution is 2.31. The fourth-order valence-corrected chi connectivity index (χ4v) is 2.71. The Balaban J connectivity index is 2.28. The number of allylic oxidation sites excluding steroid dienone is 1. The molecule has 0 saturated carbocycles. The normalized spacial score (nSPS) is 15.2. The molecule has 1 aliphatic heterocycles. The standard InChI is InChI=1S/C20H23NO7/c1-13-18(20(24)27-4)16(19(23)21(13)9-10-25-2)11-14-5-7-15(8-6-14)28-12-17(22)26-3/h5-8,11H,9-10,12H2,1-4H3/b16-11-. The van der Waals surface area contributed by atoms with Gasteiger partial charge in [0.25, 0.3) is 5.91 Å². The van der Waals surface area contributed by atoms with Gasteiger partial charge in [-0.2, -0.15) is 0 Å². The minimum Gasteiger partial charge on any atom is -0.482 e. The first-order valence-corrected chi connectivity index (χ1v) is 8.54. The number of rotatable bonds is 8. The van der Waals surface area contributed by atoms with Crippen molar-refractivity contribution in [3.8, 4) is 5.75 Å². The summed E-state index contributed by atoms with van der Waals surface area (Å²) in [4.78, 5) is 37.7. The van der Waals surface area contributed by atoms with Crippen molar-refractivity contribution in [2.45, 2.75) is 6.92 Å². The summed E-state index contributed by atoms with van der Waals surface area (Å²) < 4.78 is 19.7. The van der Waals surface area contributed by atoms with E-state index in [0.717, 1.165) is 0 Å². The van der Waals surface area contributed by atoms with Gasteiger partial charge in [0.15, 0.2) is 6.61 Å². The van der Waals surface area contributed by atoms with Crippen molar-refractivity contribution >= 4 is 23.9 Å². The number of benzene rings is 1. The quantitative estimate of drug-likeness (QED) is 0.492. The molecular weight excluding hydrogens is 366 g/mol. The number of ether oxygens (including phenoxy) is 4. The van der Waals surface area contributed by atoms with Crippen LogP contribution in [0.25, 0.3) is 6.08 Å².